The van der Waals surface area contributed by atoms with Gasteiger partial charge in [-0.05, 0) is 12.1 Å². The molecule has 0 aliphatic rings. The first-order valence-electron chi connectivity index (χ1n) is 7.38. The molecule has 2 aromatic rings. The highest BCUT2D eigenvalue weighted by Gasteiger charge is 2.46. The van der Waals surface area contributed by atoms with Gasteiger partial charge >= 0.3 is 18.3 Å². The van der Waals surface area contributed by atoms with E-state index in [-0.39, 0.29) is 15.1 Å². The van der Waals surface area contributed by atoms with Crippen LogP contribution in [-0.4, -0.2) is 23.6 Å². The average Bonchev–Trinajstić information content (AvgIpc) is 3.02. The number of halogens is 9. The maximum Gasteiger partial charge on any atom is 0.443 e. The molecule has 0 spiro atoms. The maximum absolute atomic E-state index is 13.3. The first-order valence-corrected chi connectivity index (χ1v) is 9.33. The number of carbonyl (C=O) groups excluding carboxylic acids is 2. The number of thiazole rings is 1. The van der Waals surface area contributed by atoms with Gasteiger partial charge in [0.25, 0.3) is 5.91 Å². The van der Waals surface area contributed by atoms with E-state index in [1.165, 1.54) is 0 Å². The predicted octanol–water partition coefficient (Wildman–Crippen LogP) is 6.31. The fourth-order valence-electron chi connectivity index (χ4n) is 2.07. The SMILES string of the molecule is CC(=O)OCN(C(=O)c1sc(C(F)(F)F)nc1C(F)(F)F)c1c(Cl)cc(Cl)cc1Cl. The molecule has 30 heavy (non-hydrogen) atoms. The lowest BCUT2D eigenvalue weighted by atomic mass is 10.2. The zero-order valence-electron chi connectivity index (χ0n) is 14.3. The molecule has 0 N–H and O–H groups in total. The van der Waals surface area contributed by atoms with Gasteiger partial charge in [-0.25, -0.2) is 4.98 Å². The van der Waals surface area contributed by atoms with Crippen LogP contribution in [0, 0.1) is 0 Å². The van der Waals surface area contributed by atoms with Crippen molar-refractivity contribution in [3.05, 3.63) is 42.8 Å². The Morgan fingerprint density at radius 3 is 2.03 bits per heavy atom. The largest absolute Gasteiger partial charge is 0.444 e. The summed E-state index contributed by atoms with van der Waals surface area (Å²) in [7, 11) is 0. The Labute approximate surface area is 183 Å². The molecule has 15 heteroatoms. The van der Waals surface area contributed by atoms with Crippen LogP contribution >= 0.6 is 46.1 Å². The fourth-order valence-corrected chi connectivity index (χ4v) is 4.00. The van der Waals surface area contributed by atoms with E-state index in [2.05, 4.69) is 9.72 Å². The third-order valence-corrected chi connectivity index (χ3v) is 5.11. The van der Waals surface area contributed by atoms with Crippen molar-refractivity contribution in [1.29, 1.82) is 0 Å². The van der Waals surface area contributed by atoms with Gasteiger partial charge in [0, 0.05) is 11.9 Å². The van der Waals surface area contributed by atoms with Crippen molar-refractivity contribution >= 4 is 63.7 Å². The van der Waals surface area contributed by atoms with Crippen LogP contribution in [0.4, 0.5) is 32.0 Å². The number of rotatable bonds is 4. The predicted molar refractivity (Wildman–Crippen MR) is 97.0 cm³/mol. The van der Waals surface area contributed by atoms with Crippen LogP contribution < -0.4 is 4.90 Å². The smallest absolute Gasteiger partial charge is 0.443 e. The van der Waals surface area contributed by atoms with Crippen molar-refractivity contribution in [1.82, 2.24) is 4.98 Å². The summed E-state index contributed by atoms with van der Waals surface area (Å²) < 4.78 is 83.1. The lowest BCUT2D eigenvalue weighted by Crippen LogP contribution is -2.35. The van der Waals surface area contributed by atoms with E-state index in [0.717, 1.165) is 19.1 Å². The number of anilines is 1. The van der Waals surface area contributed by atoms with E-state index in [9.17, 15) is 35.9 Å². The van der Waals surface area contributed by atoms with Crippen LogP contribution in [0.15, 0.2) is 12.1 Å². The quantitative estimate of drug-likeness (QED) is 0.272. The summed E-state index contributed by atoms with van der Waals surface area (Å²) in [6.45, 7) is -0.0604. The van der Waals surface area contributed by atoms with E-state index in [4.69, 9.17) is 34.8 Å². The number of hydrogen-bond acceptors (Lipinski definition) is 5. The highest BCUT2D eigenvalue weighted by atomic mass is 35.5. The molecule has 5 nitrogen and oxygen atoms in total. The van der Waals surface area contributed by atoms with Gasteiger partial charge in [-0.15, -0.1) is 11.3 Å². The number of nitrogens with zero attached hydrogens (tertiary/aromatic N) is 2. The molecule has 0 radical (unpaired) electrons. The molecule has 0 saturated carbocycles. The van der Waals surface area contributed by atoms with Crippen molar-refractivity contribution in [3.8, 4) is 0 Å². The van der Waals surface area contributed by atoms with Gasteiger partial charge in [0.2, 0.25) is 0 Å². The summed E-state index contributed by atoms with van der Waals surface area (Å²) in [5.74, 6) is -2.56. The van der Waals surface area contributed by atoms with E-state index in [1.807, 2.05) is 0 Å². The number of aromatic nitrogens is 1. The molecular weight excluding hydrogens is 509 g/mol. The fraction of sp³-hybridized carbons (Fsp3) is 0.267. The molecule has 1 aromatic heterocycles. The van der Waals surface area contributed by atoms with Crippen LogP contribution in [0.5, 0.6) is 0 Å². The topological polar surface area (TPSA) is 59.5 Å². The van der Waals surface area contributed by atoms with Crippen LogP contribution in [0.25, 0.3) is 0 Å². The number of amides is 1. The Morgan fingerprint density at radius 2 is 1.60 bits per heavy atom. The molecular formula is C15H7Cl3F6N2O3S. The van der Waals surface area contributed by atoms with E-state index < -0.39 is 63.6 Å². The second-order valence-corrected chi connectivity index (χ2v) is 7.66. The van der Waals surface area contributed by atoms with Crippen LogP contribution in [0.3, 0.4) is 0 Å². The minimum atomic E-state index is -5.38. The maximum atomic E-state index is 13.3. The number of benzene rings is 1. The molecule has 2 rings (SSSR count). The van der Waals surface area contributed by atoms with E-state index in [1.54, 1.807) is 0 Å². The Hall–Kier alpha value is -1.76. The minimum absolute atomic E-state index is 0.00163. The zero-order chi connectivity index (χ0) is 23.0. The molecule has 1 heterocycles. The summed E-state index contributed by atoms with van der Waals surface area (Å²) in [4.78, 5) is 25.5. The third kappa shape index (κ3) is 5.48. The van der Waals surface area contributed by atoms with Crippen molar-refractivity contribution in [3.63, 3.8) is 0 Å². The Bertz CT molecular complexity index is 970. The van der Waals surface area contributed by atoms with Gasteiger partial charge in [-0.3, -0.25) is 14.5 Å². The lowest BCUT2D eigenvalue weighted by Gasteiger charge is -2.24. The summed E-state index contributed by atoms with van der Waals surface area (Å²) in [6.07, 6.45) is -10.6. The summed E-state index contributed by atoms with van der Waals surface area (Å²) in [5.41, 5.74) is -2.48. The highest BCUT2D eigenvalue weighted by Crippen LogP contribution is 2.42. The summed E-state index contributed by atoms with van der Waals surface area (Å²) in [5, 5.41) is -2.55. The van der Waals surface area contributed by atoms with Gasteiger partial charge < -0.3 is 4.74 Å². The normalized spacial score (nSPS) is 12.1. The van der Waals surface area contributed by atoms with Gasteiger partial charge in [-0.2, -0.15) is 26.3 Å². The van der Waals surface area contributed by atoms with Crippen molar-refractivity contribution in [2.45, 2.75) is 19.3 Å². The molecule has 0 aliphatic heterocycles. The number of esters is 1. The summed E-state index contributed by atoms with van der Waals surface area (Å²) >= 11 is 17.2. The molecule has 0 bridgehead atoms. The molecule has 0 aliphatic carbocycles. The zero-order valence-corrected chi connectivity index (χ0v) is 17.4. The molecule has 1 amide bonds. The molecule has 1 aromatic carbocycles. The van der Waals surface area contributed by atoms with E-state index >= 15 is 0 Å². The number of carbonyl (C=O) groups is 2. The second-order valence-electron chi connectivity index (χ2n) is 5.41. The van der Waals surface area contributed by atoms with Crippen molar-refractivity contribution in [2.24, 2.45) is 0 Å². The number of ether oxygens (including phenoxy) is 1. The minimum Gasteiger partial charge on any atom is -0.444 e. The van der Waals surface area contributed by atoms with Crippen LogP contribution in [0.1, 0.15) is 27.3 Å². The van der Waals surface area contributed by atoms with Gasteiger partial charge in [0.15, 0.2) is 17.4 Å². The summed E-state index contributed by atoms with van der Waals surface area (Å²) in [6, 6.07) is 2.16. The Morgan fingerprint density at radius 1 is 1.07 bits per heavy atom. The van der Waals surface area contributed by atoms with Crippen molar-refractivity contribution in [2.75, 3.05) is 11.6 Å². The van der Waals surface area contributed by atoms with Gasteiger partial charge in [-0.1, -0.05) is 34.8 Å². The molecule has 0 unspecified atom stereocenters. The third-order valence-electron chi connectivity index (χ3n) is 3.23. The Balaban J connectivity index is 2.68. The lowest BCUT2D eigenvalue weighted by molar-refractivity contribution is -0.147. The molecule has 0 fully saturated rings. The second kappa shape index (κ2) is 8.77. The van der Waals surface area contributed by atoms with Gasteiger partial charge in [0.1, 0.15) is 4.88 Å². The standard InChI is InChI=1S/C15H7Cl3F6N2O3S/c1-5(27)29-4-26(9-7(17)2-6(16)3-8(9)18)12(28)10-11(14(19,20)21)25-13(30-10)15(22,23)24/h2-3H,4H2,1H3. The average molecular weight is 516 g/mol. The van der Waals surface area contributed by atoms with Crippen LogP contribution in [0.2, 0.25) is 15.1 Å². The Kier molecular flexibility index (Phi) is 7.17. The monoisotopic (exact) mass is 514 g/mol. The van der Waals surface area contributed by atoms with Crippen molar-refractivity contribution < 1.29 is 40.7 Å². The highest BCUT2D eigenvalue weighted by molar-refractivity contribution is 7.14. The molecule has 164 valence electrons. The van der Waals surface area contributed by atoms with Gasteiger partial charge in [0.05, 0.1) is 15.7 Å². The molecule has 0 saturated heterocycles. The molecule has 0 atom stereocenters. The van der Waals surface area contributed by atoms with E-state index in [0.29, 0.717) is 4.90 Å². The first-order chi connectivity index (χ1) is 13.6. The number of alkyl halides is 6. The first kappa shape index (κ1) is 24.5. The number of hydrogen-bond donors (Lipinski definition) is 0. The van der Waals surface area contributed by atoms with Crippen LogP contribution in [-0.2, 0) is 21.9 Å².